The minimum absolute atomic E-state index is 0.00738. The first-order valence-corrected chi connectivity index (χ1v) is 6.71. The molecule has 1 unspecified atom stereocenters. The van der Waals surface area contributed by atoms with Gasteiger partial charge in [0.2, 0.25) is 13.1 Å². The van der Waals surface area contributed by atoms with Crippen molar-refractivity contribution in [1.82, 2.24) is 0 Å². The largest absolute Gasteiger partial charge is 0.458 e. The molecule has 1 atom stereocenters. The van der Waals surface area contributed by atoms with Gasteiger partial charge in [0.15, 0.2) is 5.76 Å². The van der Waals surface area contributed by atoms with E-state index < -0.39 is 7.29 Å². The minimum atomic E-state index is -3.33. The van der Waals surface area contributed by atoms with Crippen molar-refractivity contribution in [2.24, 2.45) is 5.50 Å². The van der Waals surface area contributed by atoms with Crippen molar-refractivity contribution >= 4 is 29.4 Å². The van der Waals surface area contributed by atoms with Crippen LogP contribution in [0, 0.1) is 0 Å². The summed E-state index contributed by atoms with van der Waals surface area (Å²) in [4.78, 5) is 12.1. The van der Waals surface area contributed by atoms with E-state index in [9.17, 15) is 9.36 Å². The second kappa shape index (κ2) is 3.09. The van der Waals surface area contributed by atoms with Crippen molar-refractivity contribution in [3.05, 3.63) is 41.9 Å². The van der Waals surface area contributed by atoms with E-state index in [1.165, 1.54) is 6.26 Å². The zero-order chi connectivity index (χ0) is 12.2. The van der Waals surface area contributed by atoms with Gasteiger partial charge in [0.05, 0.1) is 5.69 Å². The Morgan fingerprint density at radius 2 is 1.94 bits per heavy atom. The molecule has 4 N–H and O–H groups in total. The summed E-state index contributed by atoms with van der Waals surface area (Å²) in [5.41, 5.74) is 12.0. The molecule has 0 saturated heterocycles. The van der Waals surface area contributed by atoms with E-state index in [1.54, 1.807) is 24.3 Å². The lowest BCUT2D eigenvalue weighted by molar-refractivity contribution is 0.101. The Morgan fingerprint density at radius 1 is 1.24 bits per heavy atom. The van der Waals surface area contributed by atoms with Crippen molar-refractivity contribution in [3.8, 4) is 0 Å². The molecule has 2 heterocycles. The molecule has 1 aliphatic rings. The second-order valence-electron chi connectivity index (χ2n) is 3.87. The topological polar surface area (TPSA) is 99.3 Å². The molecule has 1 aromatic carbocycles. The summed E-state index contributed by atoms with van der Waals surface area (Å²) in [5.74, 6) is -0.337. The number of carbonyl (C=O) groups is 1. The highest BCUT2D eigenvalue weighted by Gasteiger charge is 2.41. The minimum Gasteiger partial charge on any atom is -0.458 e. The molecule has 2 aromatic rings. The third-order valence-corrected chi connectivity index (χ3v) is 5.07. The van der Waals surface area contributed by atoms with Crippen molar-refractivity contribution in [2.45, 2.75) is 0 Å². The van der Waals surface area contributed by atoms with Crippen LogP contribution >= 0.6 is 7.29 Å². The first kappa shape index (κ1) is 10.3. The smallest absolute Gasteiger partial charge is 0.229 e. The number of rotatable bonds is 0. The van der Waals surface area contributed by atoms with E-state index in [2.05, 4.69) is 0 Å². The number of carbonyl (C=O) groups excluding carboxylic acids is 1. The van der Waals surface area contributed by atoms with Crippen LogP contribution in [0.15, 0.2) is 34.9 Å². The summed E-state index contributed by atoms with van der Waals surface area (Å²) in [6.45, 7) is 0. The monoisotopic (exact) mass is 248 g/mol. The molecule has 0 saturated carbocycles. The van der Waals surface area contributed by atoms with Crippen LogP contribution in [-0.4, -0.2) is 5.78 Å². The molecular formula is C11H9N2O3P. The quantitative estimate of drug-likeness (QED) is 0.665. The van der Waals surface area contributed by atoms with Gasteiger partial charge in [-0.3, -0.25) is 14.9 Å². The molecule has 0 amide bonds. The lowest BCUT2D eigenvalue weighted by Gasteiger charge is -2.21. The Morgan fingerprint density at radius 3 is 2.71 bits per heavy atom. The molecule has 1 aromatic heterocycles. The van der Waals surface area contributed by atoms with Crippen LogP contribution in [0.2, 0.25) is 0 Å². The Bertz CT molecular complexity index is 690. The number of ketones is 1. The number of fused-ring (bicyclic) bond motifs is 2. The molecule has 0 fully saturated rings. The summed E-state index contributed by atoms with van der Waals surface area (Å²) >= 11 is 0. The standard InChI is InChI=1S/C11H9N2O3P/c12-7-5-16-10-9(14)6-3-1-2-4-8(6)17(13,15)11(7)10/h1-5H,12H2,(H2,13,15). The average Bonchev–Trinajstić information content (AvgIpc) is 2.70. The molecule has 5 nitrogen and oxygen atoms in total. The normalized spacial score (nSPS) is 22.1. The van der Waals surface area contributed by atoms with Crippen LogP contribution in [0.4, 0.5) is 5.69 Å². The van der Waals surface area contributed by atoms with Crippen LogP contribution in [0.25, 0.3) is 0 Å². The highest BCUT2D eigenvalue weighted by Crippen LogP contribution is 2.43. The van der Waals surface area contributed by atoms with Crippen LogP contribution in [0.1, 0.15) is 16.1 Å². The molecule has 17 heavy (non-hydrogen) atoms. The van der Waals surface area contributed by atoms with Gasteiger partial charge in [-0.1, -0.05) is 18.2 Å². The highest BCUT2D eigenvalue weighted by molar-refractivity contribution is 7.77. The van der Waals surface area contributed by atoms with Gasteiger partial charge in [-0.15, -0.1) is 0 Å². The summed E-state index contributed by atoms with van der Waals surface area (Å²) in [6, 6.07) is 6.54. The predicted octanol–water partition coefficient (Wildman–Crippen LogP) is 0.594. The molecule has 1 aliphatic heterocycles. The molecule has 86 valence electrons. The van der Waals surface area contributed by atoms with Gasteiger partial charge in [-0.05, 0) is 6.07 Å². The fraction of sp³-hybridized carbons (Fsp3) is 0. The maximum Gasteiger partial charge on any atom is 0.229 e. The SMILES string of the molecule is Nc1coc2c1P(N)(=O)c1ccccc1C2=O. The second-order valence-corrected chi connectivity index (χ2v) is 6.12. The maximum absolute atomic E-state index is 12.6. The van der Waals surface area contributed by atoms with Crippen molar-refractivity contribution in [1.29, 1.82) is 0 Å². The van der Waals surface area contributed by atoms with E-state index in [4.69, 9.17) is 15.7 Å². The Balaban J connectivity index is 2.44. The van der Waals surface area contributed by atoms with E-state index in [0.29, 0.717) is 10.9 Å². The molecular weight excluding hydrogens is 239 g/mol. The van der Waals surface area contributed by atoms with Gasteiger partial charge in [0.25, 0.3) is 0 Å². The number of anilines is 1. The first-order chi connectivity index (χ1) is 8.03. The zero-order valence-corrected chi connectivity index (χ0v) is 9.61. The Kier molecular flexibility index (Phi) is 1.88. The lowest BCUT2D eigenvalue weighted by atomic mass is 10.1. The van der Waals surface area contributed by atoms with Gasteiger partial charge in [0, 0.05) is 10.9 Å². The van der Waals surface area contributed by atoms with E-state index >= 15 is 0 Å². The third kappa shape index (κ3) is 1.18. The summed E-state index contributed by atoms with van der Waals surface area (Å²) < 4.78 is 17.7. The average molecular weight is 248 g/mol. The number of benzene rings is 1. The first-order valence-electron chi connectivity index (χ1n) is 4.94. The fourth-order valence-corrected chi connectivity index (χ4v) is 4.04. The number of nitrogen functional groups attached to an aromatic ring is 1. The van der Waals surface area contributed by atoms with Crippen molar-refractivity contribution in [3.63, 3.8) is 0 Å². The van der Waals surface area contributed by atoms with E-state index in [-0.39, 0.29) is 22.5 Å². The molecule has 3 rings (SSSR count). The maximum atomic E-state index is 12.6. The highest BCUT2D eigenvalue weighted by atomic mass is 31.2. The Hall–Kier alpha value is -1.84. The number of hydrogen-bond acceptors (Lipinski definition) is 4. The molecule has 0 radical (unpaired) electrons. The van der Waals surface area contributed by atoms with Crippen molar-refractivity contribution in [2.75, 3.05) is 5.73 Å². The van der Waals surface area contributed by atoms with E-state index in [1.807, 2.05) is 0 Å². The van der Waals surface area contributed by atoms with Gasteiger partial charge in [-0.2, -0.15) is 0 Å². The molecule has 6 heteroatoms. The fourth-order valence-electron chi connectivity index (χ4n) is 2.07. The van der Waals surface area contributed by atoms with Crippen LogP contribution in [-0.2, 0) is 4.57 Å². The molecule has 0 aliphatic carbocycles. The van der Waals surface area contributed by atoms with Crippen molar-refractivity contribution < 1.29 is 13.8 Å². The lowest BCUT2D eigenvalue weighted by Crippen LogP contribution is -2.35. The predicted molar refractivity (Wildman–Crippen MR) is 64.1 cm³/mol. The number of furan rings is 1. The van der Waals surface area contributed by atoms with Gasteiger partial charge >= 0.3 is 0 Å². The van der Waals surface area contributed by atoms with Crippen LogP contribution in [0.3, 0.4) is 0 Å². The Labute approximate surface area is 96.8 Å². The van der Waals surface area contributed by atoms with Crippen LogP contribution in [0.5, 0.6) is 0 Å². The third-order valence-electron chi connectivity index (χ3n) is 2.84. The molecule has 0 bridgehead atoms. The van der Waals surface area contributed by atoms with Gasteiger partial charge in [0.1, 0.15) is 11.6 Å². The van der Waals surface area contributed by atoms with Gasteiger partial charge < -0.3 is 10.2 Å². The summed E-state index contributed by atoms with van der Waals surface area (Å²) in [7, 11) is -3.33. The van der Waals surface area contributed by atoms with E-state index in [0.717, 1.165) is 0 Å². The summed E-state index contributed by atoms with van der Waals surface area (Å²) in [6.07, 6.45) is 1.20. The van der Waals surface area contributed by atoms with Crippen LogP contribution < -0.4 is 21.8 Å². The number of nitrogens with two attached hydrogens (primary N) is 2. The van der Waals surface area contributed by atoms with Gasteiger partial charge in [-0.25, -0.2) is 0 Å². The summed E-state index contributed by atoms with van der Waals surface area (Å²) in [5, 5.41) is 0.479. The number of hydrogen-bond donors (Lipinski definition) is 2. The molecule has 0 spiro atoms. The zero-order valence-electron chi connectivity index (χ0n) is 8.71.